The van der Waals surface area contributed by atoms with Crippen LogP contribution in [0.3, 0.4) is 0 Å². The average Bonchev–Trinajstić information content (AvgIpc) is 3.75. The number of fused-ring (bicyclic) bond motifs is 11. The smallest absolute Gasteiger partial charge is 0.164 e. The summed E-state index contributed by atoms with van der Waals surface area (Å²) in [7, 11) is 0. The van der Waals surface area contributed by atoms with Crippen LogP contribution in [0, 0.1) is 0 Å². The first-order valence-corrected chi connectivity index (χ1v) is 19.0. The standard InChI is InChI=1S/C51H31N5/c1-3-15-32(16-4-1)49-52-50(33-17-5-2-6-18-33)54-51(53-49)34-29-42-37-20-8-7-19-36(37)41-31-35(55-44-24-12-9-21-38(44)39-22-10-13-25-45(39)55)27-28-47(41)56-46-26-14-11-23-40(46)43(30-34)48(42)56/h1-31H. The Balaban J connectivity index is 1.15. The average molecular weight is 714 g/mol. The van der Waals surface area contributed by atoms with Gasteiger partial charge in [0.05, 0.1) is 27.8 Å². The summed E-state index contributed by atoms with van der Waals surface area (Å²) in [5, 5.41) is 4.84. The number of hydrogen-bond donors (Lipinski definition) is 0. The van der Waals surface area contributed by atoms with E-state index in [1.807, 2.05) is 36.4 Å². The zero-order valence-electron chi connectivity index (χ0n) is 30.1. The summed E-state index contributed by atoms with van der Waals surface area (Å²) >= 11 is 0. The molecule has 1 aliphatic heterocycles. The number of nitrogens with zero attached hydrogens (tertiary/aromatic N) is 5. The first-order valence-electron chi connectivity index (χ1n) is 19.0. The number of hydrogen-bond acceptors (Lipinski definition) is 3. The van der Waals surface area contributed by atoms with Crippen LogP contribution in [0.1, 0.15) is 0 Å². The van der Waals surface area contributed by atoms with E-state index in [4.69, 9.17) is 15.0 Å². The predicted molar refractivity (Wildman–Crippen MR) is 229 cm³/mol. The molecule has 0 bridgehead atoms. The van der Waals surface area contributed by atoms with Gasteiger partial charge in [0.2, 0.25) is 0 Å². The Bertz CT molecular complexity index is 3250. The van der Waals surface area contributed by atoms with E-state index in [0.717, 1.165) is 44.5 Å². The first kappa shape index (κ1) is 30.8. The maximum atomic E-state index is 5.16. The highest BCUT2D eigenvalue weighted by Gasteiger charge is 2.27. The number of rotatable bonds is 4. The maximum absolute atomic E-state index is 5.16. The lowest BCUT2D eigenvalue weighted by Crippen LogP contribution is -2.00. The van der Waals surface area contributed by atoms with E-state index in [0.29, 0.717) is 17.5 Å². The van der Waals surface area contributed by atoms with E-state index in [-0.39, 0.29) is 0 Å². The Hall–Kier alpha value is -7.63. The first-order chi connectivity index (χ1) is 27.8. The Labute approximate surface area is 322 Å². The van der Waals surface area contributed by atoms with Crippen molar-refractivity contribution in [1.29, 1.82) is 0 Å². The van der Waals surface area contributed by atoms with Gasteiger partial charge in [-0.2, -0.15) is 0 Å². The highest BCUT2D eigenvalue weighted by molar-refractivity contribution is 6.18. The molecule has 12 rings (SSSR count). The summed E-state index contributed by atoms with van der Waals surface area (Å²) in [6, 6.07) is 66.9. The summed E-state index contributed by atoms with van der Waals surface area (Å²) in [5.74, 6) is 1.93. The van der Waals surface area contributed by atoms with E-state index in [9.17, 15) is 0 Å². The van der Waals surface area contributed by atoms with Crippen molar-refractivity contribution in [1.82, 2.24) is 24.1 Å². The third-order valence-corrected chi connectivity index (χ3v) is 11.3. The number of para-hydroxylation sites is 3. The van der Waals surface area contributed by atoms with E-state index >= 15 is 0 Å². The summed E-state index contributed by atoms with van der Waals surface area (Å²) in [5.41, 5.74) is 14.5. The molecule has 56 heavy (non-hydrogen) atoms. The van der Waals surface area contributed by atoms with E-state index in [2.05, 4.69) is 161 Å². The molecule has 0 fully saturated rings. The van der Waals surface area contributed by atoms with Crippen molar-refractivity contribution in [3.63, 3.8) is 0 Å². The van der Waals surface area contributed by atoms with Gasteiger partial charge in [-0.3, -0.25) is 0 Å². The summed E-state index contributed by atoms with van der Waals surface area (Å²) in [6.07, 6.45) is 0. The summed E-state index contributed by atoms with van der Waals surface area (Å²) < 4.78 is 4.87. The SMILES string of the molecule is c1ccc(-c2nc(-c3ccccc3)nc(-c3cc4c5c(c3)c3ccccc3n5-c3ccc(-n5c6ccccc6c6ccccc65)cc3-c3ccccc3-4)n2)cc1. The minimum atomic E-state index is 0.639. The van der Waals surface area contributed by atoms with E-state index in [1.165, 1.54) is 49.4 Å². The molecule has 0 atom stereocenters. The van der Waals surface area contributed by atoms with Crippen LogP contribution in [0.15, 0.2) is 188 Å². The van der Waals surface area contributed by atoms with Gasteiger partial charge < -0.3 is 9.13 Å². The van der Waals surface area contributed by atoms with Crippen LogP contribution in [-0.4, -0.2) is 24.1 Å². The lowest BCUT2D eigenvalue weighted by molar-refractivity contribution is 1.07. The van der Waals surface area contributed by atoms with Crippen LogP contribution in [0.2, 0.25) is 0 Å². The highest BCUT2D eigenvalue weighted by Crippen LogP contribution is 2.49. The van der Waals surface area contributed by atoms with Crippen LogP contribution in [0.25, 0.3) is 111 Å². The summed E-state index contributed by atoms with van der Waals surface area (Å²) in [6.45, 7) is 0. The third-order valence-electron chi connectivity index (χ3n) is 11.3. The second-order valence-corrected chi connectivity index (χ2v) is 14.4. The largest absolute Gasteiger partial charge is 0.309 e. The van der Waals surface area contributed by atoms with E-state index < -0.39 is 0 Å². The van der Waals surface area contributed by atoms with Crippen molar-refractivity contribution in [2.75, 3.05) is 0 Å². The molecular weight excluding hydrogens is 683 g/mol. The molecule has 0 saturated carbocycles. The van der Waals surface area contributed by atoms with Gasteiger partial charge in [-0.25, -0.2) is 15.0 Å². The van der Waals surface area contributed by atoms with Crippen molar-refractivity contribution in [2.45, 2.75) is 0 Å². The molecule has 0 unspecified atom stereocenters. The second kappa shape index (κ2) is 11.9. The molecule has 0 aliphatic carbocycles. The van der Waals surface area contributed by atoms with Gasteiger partial charge in [-0.1, -0.05) is 140 Å². The van der Waals surface area contributed by atoms with Gasteiger partial charge in [0, 0.05) is 55.0 Å². The van der Waals surface area contributed by atoms with Crippen LogP contribution < -0.4 is 0 Å². The fourth-order valence-electron chi connectivity index (χ4n) is 8.85. The Kier molecular flexibility index (Phi) is 6.56. The van der Waals surface area contributed by atoms with Gasteiger partial charge in [0.1, 0.15) is 0 Å². The molecule has 0 amide bonds. The zero-order chi connectivity index (χ0) is 36.7. The normalized spacial score (nSPS) is 11.9. The fourth-order valence-corrected chi connectivity index (χ4v) is 8.85. The molecule has 0 spiro atoms. The lowest BCUT2D eigenvalue weighted by Gasteiger charge is -2.16. The molecule has 8 aromatic carbocycles. The van der Waals surface area contributed by atoms with Gasteiger partial charge in [-0.15, -0.1) is 0 Å². The molecule has 5 nitrogen and oxygen atoms in total. The molecule has 5 heteroatoms. The molecular formula is C51H31N5. The van der Waals surface area contributed by atoms with Crippen LogP contribution in [0.5, 0.6) is 0 Å². The molecule has 0 N–H and O–H groups in total. The van der Waals surface area contributed by atoms with Crippen molar-refractivity contribution >= 4 is 43.6 Å². The number of benzene rings is 8. The Morgan fingerprint density at radius 2 is 0.768 bits per heavy atom. The second-order valence-electron chi connectivity index (χ2n) is 14.4. The summed E-state index contributed by atoms with van der Waals surface area (Å²) in [4.78, 5) is 15.3. The number of aromatic nitrogens is 5. The molecule has 0 radical (unpaired) electrons. The quantitative estimate of drug-likeness (QED) is 0.182. The predicted octanol–water partition coefficient (Wildman–Crippen LogP) is 12.7. The third kappa shape index (κ3) is 4.52. The Morgan fingerprint density at radius 3 is 1.36 bits per heavy atom. The minimum absolute atomic E-state index is 0.639. The van der Waals surface area contributed by atoms with Crippen LogP contribution in [0.4, 0.5) is 0 Å². The fraction of sp³-hybridized carbons (Fsp3) is 0. The lowest BCUT2D eigenvalue weighted by atomic mass is 9.92. The van der Waals surface area contributed by atoms with Crippen molar-refractivity contribution in [2.24, 2.45) is 0 Å². The topological polar surface area (TPSA) is 48.5 Å². The van der Waals surface area contributed by atoms with Crippen molar-refractivity contribution in [3.8, 4) is 67.8 Å². The van der Waals surface area contributed by atoms with Gasteiger partial charge >= 0.3 is 0 Å². The highest BCUT2D eigenvalue weighted by atomic mass is 15.0. The molecule has 0 saturated heterocycles. The van der Waals surface area contributed by atoms with Gasteiger partial charge in [0.15, 0.2) is 17.5 Å². The minimum Gasteiger partial charge on any atom is -0.309 e. The zero-order valence-corrected chi connectivity index (χ0v) is 30.1. The monoisotopic (exact) mass is 713 g/mol. The molecule has 11 aromatic rings. The molecule has 1 aliphatic rings. The van der Waals surface area contributed by atoms with Crippen LogP contribution in [-0.2, 0) is 0 Å². The van der Waals surface area contributed by atoms with Gasteiger partial charge in [0.25, 0.3) is 0 Å². The molecule has 4 heterocycles. The molecule has 260 valence electrons. The van der Waals surface area contributed by atoms with Crippen LogP contribution >= 0.6 is 0 Å². The van der Waals surface area contributed by atoms with Crippen molar-refractivity contribution < 1.29 is 0 Å². The van der Waals surface area contributed by atoms with E-state index in [1.54, 1.807) is 0 Å². The maximum Gasteiger partial charge on any atom is 0.164 e. The van der Waals surface area contributed by atoms with Crippen molar-refractivity contribution in [3.05, 3.63) is 188 Å². The Morgan fingerprint density at radius 1 is 0.304 bits per heavy atom. The molecule has 3 aromatic heterocycles. The van der Waals surface area contributed by atoms with Gasteiger partial charge in [-0.05, 0) is 59.7 Å².